The van der Waals surface area contributed by atoms with E-state index in [9.17, 15) is 4.39 Å². The van der Waals surface area contributed by atoms with E-state index in [4.69, 9.17) is 4.74 Å². The summed E-state index contributed by atoms with van der Waals surface area (Å²) in [6.07, 6.45) is 3.01. The van der Waals surface area contributed by atoms with Crippen LogP contribution in [0.4, 0.5) is 4.39 Å². The molecule has 0 unspecified atom stereocenters. The maximum atomic E-state index is 13.0. The lowest BCUT2D eigenvalue weighted by Gasteiger charge is -2.16. The van der Waals surface area contributed by atoms with Gasteiger partial charge in [0, 0.05) is 25.4 Å². The molecule has 0 amide bonds. The summed E-state index contributed by atoms with van der Waals surface area (Å²) in [5.41, 5.74) is 2.43. The second-order valence-electron chi connectivity index (χ2n) is 5.71. The second kappa shape index (κ2) is 6.88. The van der Waals surface area contributed by atoms with Gasteiger partial charge in [-0.3, -0.25) is 4.90 Å². The lowest BCUT2D eigenvalue weighted by molar-refractivity contribution is 0.319. The third-order valence-corrected chi connectivity index (χ3v) is 4.11. The first kappa shape index (κ1) is 15.0. The molecule has 0 bridgehead atoms. The zero-order valence-electron chi connectivity index (χ0n) is 12.8. The molecule has 1 aromatic carbocycles. The molecule has 0 spiro atoms. The summed E-state index contributed by atoms with van der Waals surface area (Å²) in [4.78, 5) is 6.73. The van der Waals surface area contributed by atoms with E-state index in [0.29, 0.717) is 18.4 Å². The fraction of sp³-hybridized carbons (Fsp3) is 0.389. The van der Waals surface area contributed by atoms with Gasteiger partial charge in [-0.05, 0) is 49.1 Å². The Morgan fingerprint density at radius 1 is 1.23 bits per heavy atom. The lowest BCUT2D eigenvalue weighted by atomic mass is 9.99. The Hall–Kier alpha value is -1.94. The van der Waals surface area contributed by atoms with Crippen LogP contribution >= 0.6 is 0 Å². The number of hydrogen-bond donors (Lipinski definition) is 0. The van der Waals surface area contributed by atoms with E-state index in [2.05, 4.69) is 16.0 Å². The standard InChI is InChI=1S/C18H21FN2O/c1-2-22-18-8-3-14(11-20-18)12-21-10-9-16(13-21)15-4-6-17(19)7-5-15/h3-8,11,16H,2,9-10,12-13H2,1H3/t16-/m1/s1. The summed E-state index contributed by atoms with van der Waals surface area (Å²) >= 11 is 0. The van der Waals surface area contributed by atoms with Gasteiger partial charge in [-0.2, -0.15) is 0 Å². The van der Waals surface area contributed by atoms with Crippen LogP contribution in [0, 0.1) is 5.82 Å². The Morgan fingerprint density at radius 2 is 2.05 bits per heavy atom. The van der Waals surface area contributed by atoms with Gasteiger partial charge in [0.15, 0.2) is 0 Å². The fourth-order valence-electron chi connectivity index (χ4n) is 2.98. The Morgan fingerprint density at radius 3 is 2.73 bits per heavy atom. The van der Waals surface area contributed by atoms with Crippen LogP contribution in [0.3, 0.4) is 0 Å². The highest BCUT2D eigenvalue weighted by molar-refractivity contribution is 5.22. The molecule has 116 valence electrons. The van der Waals surface area contributed by atoms with Gasteiger partial charge >= 0.3 is 0 Å². The normalized spacial score (nSPS) is 18.5. The molecular weight excluding hydrogens is 279 g/mol. The number of pyridine rings is 1. The maximum absolute atomic E-state index is 13.0. The number of hydrogen-bond acceptors (Lipinski definition) is 3. The van der Waals surface area contributed by atoms with Crippen LogP contribution in [0.1, 0.15) is 30.4 Å². The first-order valence-corrected chi connectivity index (χ1v) is 7.80. The monoisotopic (exact) mass is 300 g/mol. The van der Waals surface area contributed by atoms with E-state index in [0.717, 1.165) is 26.1 Å². The van der Waals surface area contributed by atoms with Crippen molar-refractivity contribution < 1.29 is 9.13 Å². The van der Waals surface area contributed by atoms with E-state index in [-0.39, 0.29) is 5.82 Å². The van der Waals surface area contributed by atoms with E-state index in [1.54, 1.807) is 12.1 Å². The summed E-state index contributed by atoms with van der Waals surface area (Å²) < 4.78 is 18.4. The van der Waals surface area contributed by atoms with Crippen molar-refractivity contribution in [3.63, 3.8) is 0 Å². The van der Waals surface area contributed by atoms with Crippen LogP contribution in [0.5, 0.6) is 5.88 Å². The zero-order valence-corrected chi connectivity index (χ0v) is 12.8. The van der Waals surface area contributed by atoms with Gasteiger partial charge < -0.3 is 4.74 Å². The molecule has 1 aliphatic rings. The van der Waals surface area contributed by atoms with Gasteiger partial charge in [-0.1, -0.05) is 18.2 Å². The SMILES string of the molecule is CCOc1ccc(CN2CC[C@@H](c3ccc(F)cc3)C2)cn1. The van der Waals surface area contributed by atoms with Gasteiger partial charge in [-0.25, -0.2) is 9.37 Å². The van der Waals surface area contributed by atoms with Crippen LogP contribution in [0.2, 0.25) is 0 Å². The van der Waals surface area contributed by atoms with Crippen molar-refractivity contribution in [1.82, 2.24) is 9.88 Å². The highest BCUT2D eigenvalue weighted by Crippen LogP contribution is 2.28. The highest BCUT2D eigenvalue weighted by atomic mass is 19.1. The zero-order chi connectivity index (χ0) is 15.4. The third-order valence-electron chi connectivity index (χ3n) is 4.11. The first-order valence-electron chi connectivity index (χ1n) is 7.80. The summed E-state index contributed by atoms with van der Waals surface area (Å²) in [5, 5.41) is 0. The van der Waals surface area contributed by atoms with Crippen molar-refractivity contribution >= 4 is 0 Å². The third kappa shape index (κ3) is 3.63. The first-order chi connectivity index (χ1) is 10.7. The van der Waals surface area contributed by atoms with Crippen molar-refractivity contribution in [2.75, 3.05) is 19.7 Å². The number of rotatable bonds is 5. The minimum Gasteiger partial charge on any atom is -0.478 e. The second-order valence-corrected chi connectivity index (χ2v) is 5.71. The quantitative estimate of drug-likeness (QED) is 0.843. The van der Waals surface area contributed by atoms with Crippen LogP contribution < -0.4 is 4.74 Å². The molecule has 1 saturated heterocycles. The molecule has 1 aliphatic heterocycles. The predicted octanol–water partition coefficient (Wildman–Crippen LogP) is 3.61. The molecular formula is C18H21FN2O. The molecule has 3 nitrogen and oxygen atoms in total. The number of nitrogens with zero attached hydrogens (tertiary/aromatic N) is 2. The summed E-state index contributed by atoms with van der Waals surface area (Å²) in [6, 6.07) is 10.9. The van der Waals surface area contributed by atoms with Crippen molar-refractivity contribution in [2.45, 2.75) is 25.8 Å². The van der Waals surface area contributed by atoms with Crippen LogP contribution in [-0.4, -0.2) is 29.6 Å². The molecule has 2 aromatic rings. The van der Waals surface area contributed by atoms with E-state index in [1.165, 1.54) is 11.1 Å². The average Bonchev–Trinajstić information content (AvgIpc) is 2.99. The van der Waals surface area contributed by atoms with E-state index < -0.39 is 0 Å². The Kier molecular flexibility index (Phi) is 4.68. The average molecular weight is 300 g/mol. The molecule has 0 radical (unpaired) electrons. The van der Waals surface area contributed by atoms with Crippen molar-refractivity contribution in [3.05, 3.63) is 59.5 Å². The molecule has 0 saturated carbocycles. The lowest BCUT2D eigenvalue weighted by Crippen LogP contribution is -2.19. The van der Waals surface area contributed by atoms with E-state index >= 15 is 0 Å². The molecule has 2 heterocycles. The van der Waals surface area contributed by atoms with Gasteiger partial charge in [0.25, 0.3) is 0 Å². The van der Waals surface area contributed by atoms with Crippen LogP contribution in [0.15, 0.2) is 42.6 Å². The maximum Gasteiger partial charge on any atom is 0.213 e. The molecule has 0 N–H and O–H groups in total. The summed E-state index contributed by atoms with van der Waals surface area (Å²) in [5.74, 6) is 1.01. The number of aromatic nitrogens is 1. The van der Waals surface area contributed by atoms with Crippen LogP contribution in [0.25, 0.3) is 0 Å². The van der Waals surface area contributed by atoms with Gasteiger partial charge in [0.1, 0.15) is 5.82 Å². The topological polar surface area (TPSA) is 25.4 Å². The molecule has 4 heteroatoms. The number of likely N-dealkylation sites (tertiary alicyclic amines) is 1. The molecule has 0 aliphatic carbocycles. The Bertz CT molecular complexity index is 597. The van der Waals surface area contributed by atoms with Gasteiger partial charge in [0.2, 0.25) is 5.88 Å². The minimum absolute atomic E-state index is 0.168. The summed E-state index contributed by atoms with van der Waals surface area (Å²) in [7, 11) is 0. The summed E-state index contributed by atoms with van der Waals surface area (Å²) in [6.45, 7) is 5.57. The van der Waals surface area contributed by atoms with E-state index in [1.807, 2.05) is 31.3 Å². The fourth-order valence-corrected chi connectivity index (χ4v) is 2.98. The Balaban J connectivity index is 1.57. The molecule has 1 aromatic heterocycles. The smallest absolute Gasteiger partial charge is 0.213 e. The number of ether oxygens (including phenoxy) is 1. The molecule has 1 atom stereocenters. The number of benzene rings is 1. The van der Waals surface area contributed by atoms with Crippen molar-refractivity contribution in [1.29, 1.82) is 0 Å². The minimum atomic E-state index is -0.168. The molecule has 22 heavy (non-hydrogen) atoms. The van der Waals surface area contributed by atoms with Gasteiger partial charge in [0.05, 0.1) is 6.61 Å². The van der Waals surface area contributed by atoms with Gasteiger partial charge in [-0.15, -0.1) is 0 Å². The van der Waals surface area contributed by atoms with Crippen molar-refractivity contribution in [2.24, 2.45) is 0 Å². The molecule has 1 fully saturated rings. The van der Waals surface area contributed by atoms with Crippen molar-refractivity contribution in [3.8, 4) is 5.88 Å². The largest absolute Gasteiger partial charge is 0.478 e. The Labute approximate surface area is 130 Å². The number of halogens is 1. The predicted molar refractivity (Wildman–Crippen MR) is 84.4 cm³/mol. The highest BCUT2D eigenvalue weighted by Gasteiger charge is 2.23. The van der Waals surface area contributed by atoms with Crippen LogP contribution in [-0.2, 0) is 6.54 Å². The molecule has 3 rings (SSSR count).